The molecule has 1 aliphatic heterocycles. The first-order valence-electron chi connectivity index (χ1n) is 10.5. The number of anilines is 2. The number of nitrogens with zero attached hydrogens (tertiary/aromatic N) is 1. The third kappa shape index (κ3) is 5.82. The van der Waals surface area contributed by atoms with Crippen molar-refractivity contribution in [2.75, 3.05) is 23.3 Å². The van der Waals surface area contributed by atoms with E-state index in [-0.39, 0.29) is 10.9 Å². The van der Waals surface area contributed by atoms with Gasteiger partial charge in [-0.15, -0.1) is 0 Å². The van der Waals surface area contributed by atoms with E-state index in [1.807, 2.05) is 18.2 Å². The first-order valence-corrected chi connectivity index (χ1v) is 12.1. The zero-order chi connectivity index (χ0) is 23.5. The average molecular weight is 523 g/mol. The second-order valence-electron chi connectivity index (χ2n) is 8.04. The fourth-order valence-electron chi connectivity index (χ4n) is 3.68. The largest absolute Gasteiger partial charge is 0.451 e. The molecule has 5 nitrogen and oxygen atoms in total. The van der Waals surface area contributed by atoms with Gasteiger partial charge in [-0.25, -0.2) is 0 Å². The number of halogens is 3. The molecule has 33 heavy (non-hydrogen) atoms. The van der Waals surface area contributed by atoms with Crippen molar-refractivity contribution in [3.8, 4) is 11.3 Å². The third-order valence-electron chi connectivity index (χ3n) is 5.59. The van der Waals surface area contributed by atoms with Gasteiger partial charge < -0.3 is 14.6 Å². The molecule has 0 spiro atoms. The van der Waals surface area contributed by atoms with E-state index in [1.165, 1.54) is 0 Å². The summed E-state index contributed by atoms with van der Waals surface area (Å²) in [5, 5.41) is 7.24. The van der Waals surface area contributed by atoms with E-state index in [0.29, 0.717) is 32.1 Å². The van der Waals surface area contributed by atoms with Crippen LogP contribution in [0.5, 0.6) is 0 Å². The Morgan fingerprint density at radius 3 is 2.45 bits per heavy atom. The molecule has 1 aromatic heterocycles. The van der Waals surface area contributed by atoms with E-state index in [9.17, 15) is 4.79 Å². The molecular weight excluding hydrogens is 501 g/mol. The SMILES string of the molecule is CC1CCN(c2ccc(NC(=S)NC(=O)c3ccc(-c4ccc(Cl)c(Cl)c4)o3)cc2Cl)CC1. The number of thiocarbonyl (C=S) groups is 1. The smallest absolute Gasteiger partial charge is 0.293 e. The molecular formula is C24H22Cl3N3O2S. The number of carbonyl (C=O) groups is 1. The van der Waals surface area contributed by atoms with Gasteiger partial charge in [0.2, 0.25) is 0 Å². The molecule has 0 radical (unpaired) electrons. The number of piperidine rings is 1. The van der Waals surface area contributed by atoms with Crippen LogP contribution in [0.1, 0.15) is 30.3 Å². The lowest BCUT2D eigenvalue weighted by Gasteiger charge is -2.32. The van der Waals surface area contributed by atoms with Crippen LogP contribution in [0.15, 0.2) is 52.9 Å². The summed E-state index contributed by atoms with van der Waals surface area (Å²) in [6, 6.07) is 14.0. The van der Waals surface area contributed by atoms with Crippen molar-refractivity contribution in [2.45, 2.75) is 19.8 Å². The van der Waals surface area contributed by atoms with Gasteiger partial charge >= 0.3 is 0 Å². The maximum absolute atomic E-state index is 12.6. The predicted molar refractivity (Wildman–Crippen MR) is 140 cm³/mol. The van der Waals surface area contributed by atoms with Crippen molar-refractivity contribution in [3.05, 3.63) is 69.4 Å². The summed E-state index contributed by atoms with van der Waals surface area (Å²) in [6.07, 6.45) is 2.32. The number of carbonyl (C=O) groups excluding carboxylic acids is 1. The molecule has 2 heterocycles. The van der Waals surface area contributed by atoms with Gasteiger partial charge in [-0.05, 0) is 79.5 Å². The predicted octanol–water partition coefficient (Wildman–Crippen LogP) is 7.27. The summed E-state index contributed by atoms with van der Waals surface area (Å²) in [5.74, 6) is 0.889. The lowest BCUT2D eigenvalue weighted by molar-refractivity contribution is 0.0951. The molecule has 0 unspecified atom stereocenters. The van der Waals surface area contributed by atoms with Crippen LogP contribution in [0.3, 0.4) is 0 Å². The molecule has 172 valence electrons. The lowest BCUT2D eigenvalue weighted by Crippen LogP contribution is -2.34. The minimum atomic E-state index is -0.469. The highest BCUT2D eigenvalue weighted by Crippen LogP contribution is 2.32. The zero-order valence-electron chi connectivity index (χ0n) is 17.8. The highest BCUT2D eigenvalue weighted by molar-refractivity contribution is 7.80. The number of amides is 1. The molecule has 4 rings (SSSR count). The number of hydrogen-bond donors (Lipinski definition) is 2. The summed E-state index contributed by atoms with van der Waals surface area (Å²) in [6.45, 7) is 4.27. The highest BCUT2D eigenvalue weighted by atomic mass is 35.5. The molecule has 1 amide bonds. The van der Waals surface area contributed by atoms with Gasteiger partial charge in [0.25, 0.3) is 5.91 Å². The number of nitrogens with one attached hydrogen (secondary N) is 2. The van der Waals surface area contributed by atoms with Crippen LogP contribution in [-0.2, 0) is 0 Å². The summed E-state index contributed by atoms with van der Waals surface area (Å²) in [7, 11) is 0. The molecule has 0 aliphatic carbocycles. The molecule has 9 heteroatoms. The van der Waals surface area contributed by atoms with E-state index in [2.05, 4.69) is 22.5 Å². The van der Waals surface area contributed by atoms with E-state index in [0.717, 1.165) is 37.5 Å². The number of benzene rings is 2. The molecule has 0 atom stereocenters. The van der Waals surface area contributed by atoms with Crippen LogP contribution in [-0.4, -0.2) is 24.1 Å². The maximum Gasteiger partial charge on any atom is 0.293 e. The zero-order valence-corrected chi connectivity index (χ0v) is 20.9. The Morgan fingerprint density at radius 2 is 1.76 bits per heavy atom. The second kappa shape index (κ2) is 10.3. The first-order chi connectivity index (χ1) is 15.8. The van der Waals surface area contributed by atoms with E-state index in [4.69, 9.17) is 51.4 Å². The average Bonchev–Trinajstić information content (AvgIpc) is 3.27. The van der Waals surface area contributed by atoms with Crippen molar-refractivity contribution in [1.82, 2.24) is 5.32 Å². The Morgan fingerprint density at radius 1 is 1.00 bits per heavy atom. The summed E-state index contributed by atoms with van der Waals surface area (Å²) < 4.78 is 5.66. The second-order valence-corrected chi connectivity index (χ2v) is 9.67. The normalized spacial score (nSPS) is 14.2. The standard InChI is InChI=1S/C24H22Cl3N3O2S/c1-14-8-10-30(11-9-14)20-5-3-16(13-19(20)27)28-24(33)29-23(31)22-7-6-21(32-22)15-2-4-17(25)18(26)12-15/h2-7,12-14H,8-11H2,1H3,(H2,28,29,31,33). The quantitative estimate of drug-likeness (QED) is 0.353. The number of rotatable bonds is 4. The Labute approximate surface area is 213 Å². The molecule has 2 aromatic carbocycles. The Hall–Kier alpha value is -2.25. The van der Waals surface area contributed by atoms with Gasteiger partial charge in [0.1, 0.15) is 5.76 Å². The van der Waals surface area contributed by atoms with Crippen LogP contribution in [0.2, 0.25) is 15.1 Å². The van der Waals surface area contributed by atoms with Crippen LogP contribution in [0.25, 0.3) is 11.3 Å². The highest BCUT2D eigenvalue weighted by Gasteiger charge is 2.19. The van der Waals surface area contributed by atoms with Crippen LogP contribution in [0, 0.1) is 5.92 Å². The van der Waals surface area contributed by atoms with E-state index in [1.54, 1.807) is 30.3 Å². The van der Waals surface area contributed by atoms with Crippen molar-refractivity contribution in [1.29, 1.82) is 0 Å². The molecule has 1 saturated heterocycles. The number of furan rings is 1. The molecule has 2 N–H and O–H groups in total. The van der Waals surface area contributed by atoms with Crippen LogP contribution >= 0.6 is 47.0 Å². The maximum atomic E-state index is 12.6. The molecule has 1 aliphatic rings. The van der Waals surface area contributed by atoms with Crippen LogP contribution in [0.4, 0.5) is 11.4 Å². The van der Waals surface area contributed by atoms with Gasteiger partial charge in [0.05, 0.1) is 20.8 Å². The van der Waals surface area contributed by atoms with Gasteiger partial charge in [-0.1, -0.05) is 41.7 Å². The molecule has 3 aromatic rings. The van der Waals surface area contributed by atoms with Gasteiger partial charge in [-0.2, -0.15) is 0 Å². The molecule has 0 bridgehead atoms. The fraction of sp³-hybridized carbons (Fsp3) is 0.250. The summed E-state index contributed by atoms with van der Waals surface area (Å²) >= 11 is 23.8. The Balaban J connectivity index is 1.37. The fourth-order valence-corrected chi connectivity index (χ4v) is 4.49. The van der Waals surface area contributed by atoms with Gasteiger partial charge in [0.15, 0.2) is 10.9 Å². The van der Waals surface area contributed by atoms with E-state index >= 15 is 0 Å². The van der Waals surface area contributed by atoms with Crippen molar-refractivity contribution < 1.29 is 9.21 Å². The molecule has 0 saturated carbocycles. The van der Waals surface area contributed by atoms with Crippen LogP contribution < -0.4 is 15.5 Å². The summed E-state index contributed by atoms with van der Waals surface area (Å²) in [4.78, 5) is 14.9. The lowest BCUT2D eigenvalue weighted by atomic mass is 9.99. The Bertz CT molecular complexity index is 1190. The van der Waals surface area contributed by atoms with Crippen molar-refractivity contribution in [3.63, 3.8) is 0 Å². The van der Waals surface area contributed by atoms with Gasteiger partial charge in [-0.3, -0.25) is 10.1 Å². The van der Waals surface area contributed by atoms with Gasteiger partial charge in [0, 0.05) is 24.3 Å². The Kier molecular flexibility index (Phi) is 7.49. The topological polar surface area (TPSA) is 57.5 Å². The molecule has 1 fully saturated rings. The monoisotopic (exact) mass is 521 g/mol. The van der Waals surface area contributed by atoms with E-state index < -0.39 is 5.91 Å². The number of hydrogen-bond acceptors (Lipinski definition) is 4. The minimum Gasteiger partial charge on any atom is -0.451 e. The minimum absolute atomic E-state index is 0.118. The van der Waals surface area contributed by atoms with Crippen molar-refractivity contribution >= 4 is 69.4 Å². The first kappa shape index (κ1) is 23.9. The van der Waals surface area contributed by atoms with Crippen molar-refractivity contribution in [2.24, 2.45) is 5.92 Å². The summed E-state index contributed by atoms with van der Waals surface area (Å²) in [5.41, 5.74) is 2.41. The third-order valence-corrected chi connectivity index (χ3v) is 6.84.